The van der Waals surface area contributed by atoms with Crippen molar-refractivity contribution in [3.63, 3.8) is 0 Å². The molecule has 1 fully saturated rings. The highest BCUT2D eigenvalue weighted by Crippen LogP contribution is 2.32. The molecular weight excluding hydrogens is 290 g/mol. The summed E-state index contributed by atoms with van der Waals surface area (Å²) in [5, 5.41) is 13.8. The smallest absolute Gasteiger partial charge is 0.227 e. The molecule has 2 rings (SSSR count). The summed E-state index contributed by atoms with van der Waals surface area (Å²) in [4.78, 5) is 12.2. The Morgan fingerprint density at radius 3 is 2.76 bits per heavy atom. The molecule has 21 heavy (non-hydrogen) atoms. The first-order valence-corrected chi connectivity index (χ1v) is 7.85. The number of hydrogen-bond donors (Lipinski definition) is 2. The second-order valence-corrected chi connectivity index (χ2v) is 6.02. The van der Waals surface area contributed by atoms with Gasteiger partial charge in [-0.05, 0) is 31.9 Å². The minimum absolute atomic E-state index is 0.126. The number of carbonyl (C=O) groups is 1. The molecule has 1 aromatic carbocycles. The van der Waals surface area contributed by atoms with E-state index in [4.69, 9.17) is 16.3 Å². The largest absolute Gasteiger partial charge is 0.492 e. The van der Waals surface area contributed by atoms with Crippen LogP contribution in [0.5, 0.6) is 5.75 Å². The average molecular weight is 312 g/mol. The summed E-state index contributed by atoms with van der Waals surface area (Å²) in [6.07, 6.45) is 4.61. The SMILES string of the molecule is CCOc1cc(Cl)ccc1NC(=O)CC1(O)CCCCC1. The minimum Gasteiger partial charge on any atom is -0.492 e. The number of anilines is 1. The molecule has 116 valence electrons. The molecule has 0 aliphatic heterocycles. The second kappa shape index (κ2) is 7.14. The van der Waals surface area contributed by atoms with Gasteiger partial charge in [0.05, 0.1) is 24.3 Å². The predicted molar refractivity (Wildman–Crippen MR) is 83.9 cm³/mol. The van der Waals surface area contributed by atoms with Crippen molar-refractivity contribution in [1.82, 2.24) is 0 Å². The van der Waals surface area contributed by atoms with E-state index in [0.29, 0.717) is 35.9 Å². The van der Waals surface area contributed by atoms with Gasteiger partial charge in [0.2, 0.25) is 5.91 Å². The monoisotopic (exact) mass is 311 g/mol. The first-order valence-electron chi connectivity index (χ1n) is 7.47. The van der Waals surface area contributed by atoms with Crippen molar-refractivity contribution < 1.29 is 14.6 Å². The van der Waals surface area contributed by atoms with E-state index in [1.54, 1.807) is 18.2 Å². The Bertz CT molecular complexity index is 498. The Kier molecular flexibility index (Phi) is 5.48. The van der Waals surface area contributed by atoms with Crippen molar-refractivity contribution >= 4 is 23.2 Å². The molecule has 1 amide bonds. The lowest BCUT2D eigenvalue weighted by molar-refractivity contribution is -0.122. The molecule has 0 saturated heterocycles. The van der Waals surface area contributed by atoms with Crippen LogP contribution in [0, 0.1) is 0 Å². The molecule has 4 nitrogen and oxygen atoms in total. The Balaban J connectivity index is 2.02. The van der Waals surface area contributed by atoms with E-state index >= 15 is 0 Å². The number of benzene rings is 1. The normalized spacial score (nSPS) is 17.3. The van der Waals surface area contributed by atoms with Crippen molar-refractivity contribution in [3.8, 4) is 5.75 Å². The summed E-state index contributed by atoms with van der Waals surface area (Å²) < 4.78 is 5.47. The van der Waals surface area contributed by atoms with E-state index in [2.05, 4.69) is 5.32 Å². The van der Waals surface area contributed by atoms with Crippen molar-refractivity contribution in [3.05, 3.63) is 23.2 Å². The van der Waals surface area contributed by atoms with Crippen LogP contribution in [-0.4, -0.2) is 23.2 Å². The van der Waals surface area contributed by atoms with Gasteiger partial charge in [0.15, 0.2) is 0 Å². The highest BCUT2D eigenvalue weighted by Gasteiger charge is 2.31. The topological polar surface area (TPSA) is 58.6 Å². The summed E-state index contributed by atoms with van der Waals surface area (Å²) in [5.41, 5.74) is -0.272. The number of rotatable bonds is 5. The molecule has 0 spiro atoms. The Labute approximate surface area is 130 Å². The van der Waals surface area contributed by atoms with Crippen LogP contribution in [0.1, 0.15) is 45.4 Å². The van der Waals surface area contributed by atoms with E-state index in [-0.39, 0.29) is 12.3 Å². The van der Waals surface area contributed by atoms with Crippen molar-refractivity contribution in [2.45, 2.75) is 51.0 Å². The van der Waals surface area contributed by atoms with Gasteiger partial charge in [-0.15, -0.1) is 0 Å². The molecule has 0 radical (unpaired) electrons. The zero-order valence-corrected chi connectivity index (χ0v) is 13.1. The van der Waals surface area contributed by atoms with Gasteiger partial charge in [0.25, 0.3) is 0 Å². The number of aliphatic hydroxyl groups is 1. The van der Waals surface area contributed by atoms with E-state index in [0.717, 1.165) is 19.3 Å². The summed E-state index contributed by atoms with van der Waals surface area (Å²) in [6, 6.07) is 5.10. The van der Waals surface area contributed by atoms with E-state index in [1.807, 2.05) is 6.92 Å². The Hall–Kier alpha value is -1.26. The summed E-state index contributed by atoms with van der Waals surface area (Å²) >= 11 is 5.93. The van der Waals surface area contributed by atoms with Gasteiger partial charge in [-0.2, -0.15) is 0 Å². The van der Waals surface area contributed by atoms with Gasteiger partial charge in [-0.3, -0.25) is 4.79 Å². The van der Waals surface area contributed by atoms with Gasteiger partial charge in [-0.1, -0.05) is 30.9 Å². The molecule has 1 aliphatic carbocycles. The molecule has 0 unspecified atom stereocenters. The zero-order valence-electron chi connectivity index (χ0n) is 12.3. The maximum atomic E-state index is 12.2. The van der Waals surface area contributed by atoms with Crippen LogP contribution in [0.4, 0.5) is 5.69 Å². The third-order valence-electron chi connectivity index (χ3n) is 3.79. The van der Waals surface area contributed by atoms with Crippen LogP contribution in [0.25, 0.3) is 0 Å². The van der Waals surface area contributed by atoms with Crippen molar-refractivity contribution in [2.75, 3.05) is 11.9 Å². The molecule has 0 aromatic heterocycles. The predicted octanol–water partition coefficient (Wildman–Crippen LogP) is 3.76. The number of amides is 1. The maximum Gasteiger partial charge on any atom is 0.227 e. The highest BCUT2D eigenvalue weighted by molar-refractivity contribution is 6.30. The molecule has 0 atom stereocenters. The van der Waals surface area contributed by atoms with Gasteiger partial charge in [-0.25, -0.2) is 0 Å². The first kappa shape index (κ1) is 16.1. The number of carbonyl (C=O) groups excluding carboxylic acids is 1. The van der Waals surface area contributed by atoms with E-state index < -0.39 is 5.60 Å². The third-order valence-corrected chi connectivity index (χ3v) is 4.03. The first-order chi connectivity index (χ1) is 10.0. The van der Waals surface area contributed by atoms with Gasteiger partial charge >= 0.3 is 0 Å². The number of halogens is 1. The molecule has 2 N–H and O–H groups in total. The van der Waals surface area contributed by atoms with Gasteiger partial charge < -0.3 is 15.2 Å². The summed E-state index contributed by atoms with van der Waals surface area (Å²) in [5.74, 6) is 0.358. The average Bonchev–Trinajstić information content (AvgIpc) is 2.42. The van der Waals surface area contributed by atoms with Crippen LogP contribution in [0.3, 0.4) is 0 Å². The van der Waals surface area contributed by atoms with Gasteiger partial charge in [0.1, 0.15) is 5.75 Å². The Morgan fingerprint density at radius 2 is 2.10 bits per heavy atom. The molecule has 1 aromatic rings. The lowest BCUT2D eigenvalue weighted by Gasteiger charge is -2.31. The lowest BCUT2D eigenvalue weighted by Crippen LogP contribution is -2.35. The summed E-state index contributed by atoms with van der Waals surface area (Å²) in [6.45, 7) is 2.37. The molecule has 0 bridgehead atoms. The van der Waals surface area contributed by atoms with Crippen molar-refractivity contribution in [1.29, 1.82) is 0 Å². The zero-order chi connectivity index (χ0) is 15.3. The molecule has 1 saturated carbocycles. The number of ether oxygens (including phenoxy) is 1. The van der Waals surface area contributed by atoms with Crippen molar-refractivity contribution in [2.24, 2.45) is 0 Å². The minimum atomic E-state index is -0.861. The molecular formula is C16H22ClNO3. The van der Waals surface area contributed by atoms with Crippen LogP contribution in [0.2, 0.25) is 5.02 Å². The van der Waals surface area contributed by atoms with Gasteiger partial charge in [0, 0.05) is 11.1 Å². The standard InChI is InChI=1S/C16H22ClNO3/c1-2-21-14-10-12(17)6-7-13(14)18-15(19)11-16(20)8-4-3-5-9-16/h6-7,10,20H,2-5,8-9,11H2,1H3,(H,18,19). The molecule has 0 heterocycles. The van der Waals surface area contributed by atoms with Crippen LogP contribution < -0.4 is 10.1 Å². The second-order valence-electron chi connectivity index (χ2n) is 5.58. The fraction of sp³-hybridized carbons (Fsp3) is 0.562. The molecule has 1 aliphatic rings. The lowest BCUT2D eigenvalue weighted by atomic mass is 9.82. The summed E-state index contributed by atoms with van der Waals surface area (Å²) in [7, 11) is 0. The van der Waals surface area contributed by atoms with Crippen LogP contribution >= 0.6 is 11.6 Å². The number of hydrogen-bond acceptors (Lipinski definition) is 3. The fourth-order valence-corrected chi connectivity index (χ4v) is 2.92. The van der Waals surface area contributed by atoms with Crippen LogP contribution in [-0.2, 0) is 4.79 Å². The maximum absolute atomic E-state index is 12.2. The molecule has 5 heteroatoms. The van der Waals surface area contributed by atoms with Crippen LogP contribution in [0.15, 0.2) is 18.2 Å². The Morgan fingerprint density at radius 1 is 1.38 bits per heavy atom. The highest BCUT2D eigenvalue weighted by atomic mass is 35.5. The third kappa shape index (κ3) is 4.61. The van der Waals surface area contributed by atoms with E-state index in [9.17, 15) is 9.90 Å². The quantitative estimate of drug-likeness (QED) is 0.870. The van der Waals surface area contributed by atoms with E-state index in [1.165, 1.54) is 0 Å². The number of nitrogens with one attached hydrogen (secondary N) is 1. The fourth-order valence-electron chi connectivity index (χ4n) is 2.75.